The second kappa shape index (κ2) is 11.0. The second-order valence-corrected chi connectivity index (χ2v) is 7.56. The zero-order chi connectivity index (χ0) is 23.8. The van der Waals surface area contributed by atoms with E-state index in [1.54, 1.807) is 48.8 Å². The van der Waals surface area contributed by atoms with Crippen molar-refractivity contribution < 1.29 is 29.3 Å². The largest absolute Gasteiger partial charge is 0.504 e. The number of phenolic OH excluding ortho intramolecular Hbond substituents is 2. The third-order valence-electron chi connectivity index (χ3n) is 5.30. The van der Waals surface area contributed by atoms with Gasteiger partial charge in [-0.05, 0) is 65.9 Å². The highest BCUT2D eigenvalue weighted by atomic mass is 16.5. The minimum atomic E-state index is -0.253. The number of carbonyl (C=O) groups excluding carboxylic acids is 2. The molecule has 7 heteroatoms. The van der Waals surface area contributed by atoms with Gasteiger partial charge in [-0.3, -0.25) is 9.59 Å². The standard InChI is InChI=1S/C26H27NO6/c1-32-25-14-17(5-9-23(25)30)3-7-21(28)20(13-19-11-12-27-16-19)22(29)8-4-18-6-10-24(31)26(15-18)33-2/h5-6,9-16,27,30-31H,3-4,7-8H2,1-2H3. The van der Waals surface area contributed by atoms with Crippen molar-refractivity contribution in [1.29, 1.82) is 0 Å². The summed E-state index contributed by atoms with van der Waals surface area (Å²) < 4.78 is 10.2. The number of H-pyrrole nitrogens is 1. The highest BCUT2D eigenvalue weighted by molar-refractivity contribution is 6.23. The van der Waals surface area contributed by atoms with Crippen molar-refractivity contribution in [3.05, 3.63) is 77.1 Å². The number of aromatic nitrogens is 1. The first-order chi connectivity index (χ1) is 15.9. The number of ether oxygens (including phenoxy) is 2. The van der Waals surface area contributed by atoms with E-state index < -0.39 is 0 Å². The fourth-order valence-corrected chi connectivity index (χ4v) is 3.45. The molecule has 0 bridgehead atoms. The van der Waals surface area contributed by atoms with Gasteiger partial charge in [0.1, 0.15) is 0 Å². The summed E-state index contributed by atoms with van der Waals surface area (Å²) in [5.41, 5.74) is 2.53. The van der Waals surface area contributed by atoms with Gasteiger partial charge in [-0.1, -0.05) is 12.1 Å². The first-order valence-electron chi connectivity index (χ1n) is 10.5. The number of nitrogens with one attached hydrogen (secondary N) is 1. The fourth-order valence-electron chi connectivity index (χ4n) is 3.45. The smallest absolute Gasteiger partial charge is 0.166 e. The molecule has 1 aromatic heterocycles. The molecule has 0 aliphatic carbocycles. The summed E-state index contributed by atoms with van der Waals surface area (Å²) in [4.78, 5) is 29.0. The highest BCUT2D eigenvalue weighted by Gasteiger charge is 2.19. The Morgan fingerprint density at radius 3 is 1.79 bits per heavy atom. The van der Waals surface area contributed by atoms with Gasteiger partial charge in [0, 0.05) is 25.2 Å². The predicted octanol–water partition coefficient (Wildman–Crippen LogP) is 4.23. The molecule has 1 heterocycles. The van der Waals surface area contributed by atoms with Crippen LogP contribution in [0.2, 0.25) is 0 Å². The van der Waals surface area contributed by atoms with Crippen LogP contribution in [0.3, 0.4) is 0 Å². The number of carbonyl (C=O) groups is 2. The SMILES string of the molecule is COc1cc(CCC(=O)C(=Cc2cc[nH]c2)C(=O)CCc2ccc(O)c(OC)c2)ccc1O. The number of hydrogen-bond acceptors (Lipinski definition) is 6. The Kier molecular flexibility index (Phi) is 7.91. The molecule has 0 spiro atoms. The zero-order valence-corrected chi connectivity index (χ0v) is 18.6. The molecule has 0 aliphatic heterocycles. The molecule has 7 nitrogen and oxygen atoms in total. The van der Waals surface area contributed by atoms with Gasteiger partial charge in [0.05, 0.1) is 19.8 Å². The molecule has 3 N–H and O–H groups in total. The quantitative estimate of drug-likeness (QED) is 0.230. The van der Waals surface area contributed by atoms with Crippen molar-refractivity contribution in [2.75, 3.05) is 14.2 Å². The number of allylic oxidation sites excluding steroid dienone is 1. The summed E-state index contributed by atoms with van der Waals surface area (Å²) in [6.45, 7) is 0. The lowest BCUT2D eigenvalue weighted by molar-refractivity contribution is -0.121. The summed E-state index contributed by atoms with van der Waals surface area (Å²) in [7, 11) is 2.92. The molecule has 0 saturated heterocycles. The number of aromatic amines is 1. The van der Waals surface area contributed by atoms with Crippen LogP contribution in [-0.2, 0) is 22.4 Å². The highest BCUT2D eigenvalue weighted by Crippen LogP contribution is 2.28. The first kappa shape index (κ1) is 23.7. The molecule has 0 atom stereocenters. The van der Waals surface area contributed by atoms with Crippen molar-refractivity contribution in [2.45, 2.75) is 25.7 Å². The summed E-state index contributed by atoms with van der Waals surface area (Å²) in [5, 5.41) is 19.5. The molecule has 172 valence electrons. The molecule has 33 heavy (non-hydrogen) atoms. The van der Waals surface area contributed by atoms with E-state index in [9.17, 15) is 19.8 Å². The maximum absolute atomic E-state index is 13.0. The van der Waals surface area contributed by atoms with Crippen LogP contribution < -0.4 is 9.47 Å². The van der Waals surface area contributed by atoms with Gasteiger partial charge >= 0.3 is 0 Å². The van der Waals surface area contributed by atoms with Crippen LogP contribution in [-0.4, -0.2) is 41.0 Å². The molecule has 0 unspecified atom stereocenters. The van der Waals surface area contributed by atoms with E-state index >= 15 is 0 Å². The van der Waals surface area contributed by atoms with E-state index in [0.29, 0.717) is 24.3 Å². The topological polar surface area (TPSA) is 109 Å². The number of rotatable bonds is 11. The first-order valence-corrected chi connectivity index (χ1v) is 10.5. The molecular formula is C26H27NO6. The van der Waals surface area contributed by atoms with Crippen molar-refractivity contribution in [3.8, 4) is 23.0 Å². The van der Waals surface area contributed by atoms with Gasteiger partial charge in [-0.15, -0.1) is 0 Å². The normalized spacial score (nSPS) is 10.5. The van der Waals surface area contributed by atoms with E-state index in [1.165, 1.54) is 26.4 Å². The van der Waals surface area contributed by atoms with Gasteiger partial charge in [0.15, 0.2) is 34.6 Å². The molecule has 2 aromatic carbocycles. The number of methoxy groups -OCH3 is 2. The molecular weight excluding hydrogens is 422 g/mol. The van der Waals surface area contributed by atoms with Crippen LogP contribution in [0, 0.1) is 0 Å². The molecule has 0 radical (unpaired) electrons. The Morgan fingerprint density at radius 1 is 0.848 bits per heavy atom. The van der Waals surface area contributed by atoms with Crippen LogP contribution in [0.15, 0.2) is 60.4 Å². The number of aromatic hydroxyl groups is 2. The van der Waals surface area contributed by atoms with Crippen molar-refractivity contribution in [1.82, 2.24) is 4.98 Å². The van der Waals surface area contributed by atoms with Crippen molar-refractivity contribution in [2.24, 2.45) is 0 Å². The number of hydrogen-bond donors (Lipinski definition) is 3. The zero-order valence-electron chi connectivity index (χ0n) is 18.6. The van der Waals surface area contributed by atoms with E-state index in [1.807, 2.05) is 0 Å². The Hall–Kier alpha value is -4.00. The molecule has 0 fully saturated rings. The average Bonchev–Trinajstić information content (AvgIpc) is 3.34. The minimum Gasteiger partial charge on any atom is -0.504 e. The molecule has 3 aromatic rings. The number of aryl methyl sites for hydroxylation is 2. The Balaban J connectivity index is 1.72. The predicted molar refractivity (Wildman–Crippen MR) is 125 cm³/mol. The van der Waals surface area contributed by atoms with E-state index in [4.69, 9.17) is 9.47 Å². The Morgan fingerprint density at radius 2 is 1.36 bits per heavy atom. The average molecular weight is 450 g/mol. The summed E-state index contributed by atoms with van der Waals surface area (Å²) >= 11 is 0. The van der Waals surface area contributed by atoms with E-state index in [0.717, 1.165) is 16.7 Å². The third kappa shape index (κ3) is 6.26. The number of benzene rings is 2. The van der Waals surface area contributed by atoms with Crippen molar-refractivity contribution in [3.63, 3.8) is 0 Å². The minimum absolute atomic E-state index is 0.0293. The lowest BCUT2D eigenvalue weighted by Crippen LogP contribution is -2.14. The van der Waals surface area contributed by atoms with Gasteiger partial charge < -0.3 is 24.7 Å². The summed E-state index contributed by atoms with van der Waals surface area (Å²) in [6.07, 6.45) is 6.15. The van der Waals surface area contributed by atoms with Crippen LogP contribution in [0.25, 0.3) is 6.08 Å². The number of ketones is 2. The maximum Gasteiger partial charge on any atom is 0.166 e. The lowest BCUT2D eigenvalue weighted by Gasteiger charge is -2.09. The molecule has 3 rings (SSSR count). The second-order valence-electron chi connectivity index (χ2n) is 7.56. The van der Waals surface area contributed by atoms with Crippen LogP contribution >= 0.6 is 0 Å². The maximum atomic E-state index is 13.0. The van der Waals surface area contributed by atoms with Crippen LogP contribution in [0.5, 0.6) is 23.0 Å². The molecule has 0 aliphatic rings. The Labute approximate surface area is 192 Å². The van der Waals surface area contributed by atoms with E-state index in [-0.39, 0.29) is 41.5 Å². The fraction of sp³-hybridized carbons (Fsp3) is 0.231. The van der Waals surface area contributed by atoms with Crippen molar-refractivity contribution >= 4 is 17.6 Å². The van der Waals surface area contributed by atoms with Crippen LogP contribution in [0.4, 0.5) is 0 Å². The number of phenols is 2. The van der Waals surface area contributed by atoms with Crippen LogP contribution in [0.1, 0.15) is 29.5 Å². The molecule has 0 saturated carbocycles. The van der Waals surface area contributed by atoms with Gasteiger partial charge in [-0.2, -0.15) is 0 Å². The summed E-state index contributed by atoms with van der Waals surface area (Å²) in [6, 6.07) is 11.6. The molecule has 0 amide bonds. The van der Waals surface area contributed by atoms with E-state index in [2.05, 4.69) is 4.98 Å². The lowest BCUT2D eigenvalue weighted by atomic mass is 9.95. The number of Topliss-reactive ketones (excluding diaryl/α,β-unsaturated/α-hetero) is 2. The third-order valence-corrected chi connectivity index (χ3v) is 5.30. The Bertz CT molecular complexity index is 1080. The monoisotopic (exact) mass is 449 g/mol. The summed E-state index contributed by atoms with van der Waals surface area (Å²) in [5.74, 6) is 0.225. The van der Waals surface area contributed by atoms with Gasteiger partial charge in [-0.25, -0.2) is 0 Å². The van der Waals surface area contributed by atoms with Gasteiger partial charge in [0.2, 0.25) is 0 Å². The van der Waals surface area contributed by atoms with Gasteiger partial charge in [0.25, 0.3) is 0 Å².